The summed E-state index contributed by atoms with van der Waals surface area (Å²) in [6.45, 7) is 6.51. The molecular formula is C12H26N2. The van der Waals surface area contributed by atoms with Crippen LogP contribution in [0.3, 0.4) is 0 Å². The van der Waals surface area contributed by atoms with Crippen molar-refractivity contribution in [3.8, 4) is 0 Å². The van der Waals surface area contributed by atoms with Gasteiger partial charge in [0.05, 0.1) is 0 Å². The van der Waals surface area contributed by atoms with Crippen molar-refractivity contribution in [3.05, 3.63) is 0 Å². The van der Waals surface area contributed by atoms with Crippen LogP contribution >= 0.6 is 0 Å². The summed E-state index contributed by atoms with van der Waals surface area (Å²) in [5.41, 5.74) is 12.6. The molecule has 0 aromatic rings. The molecule has 0 spiro atoms. The van der Waals surface area contributed by atoms with Gasteiger partial charge in [-0.05, 0) is 39.0 Å². The van der Waals surface area contributed by atoms with E-state index in [2.05, 4.69) is 20.8 Å². The Kier molecular flexibility index (Phi) is 3.59. The zero-order valence-corrected chi connectivity index (χ0v) is 9.97. The third-order valence-electron chi connectivity index (χ3n) is 4.06. The average Bonchev–Trinajstić information content (AvgIpc) is 2.26. The zero-order valence-electron chi connectivity index (χ0n) is 9.97. The maximum absolute atomic E-state index is 6.40. The van der Waals surface area contributed by atoms with E-state index in [1.807, 2.05) is 0 Å². The molecule has 1 saturated carbocycles. The molecule has 4 N–H and O–H groups in total. The van der Waals surface area contributed by atoms with Crippen LogP contribution in [-0.2, 0) is 0 Å². The van der Waals surface area contributed by atoms with E-state index >= 15 is 0 Å². The Hall–Kier alpha value is -0.0800. The number of hydrogen-bond donors (Lipinski definition) is 2. The lowest BCUT2D eigenvalue weighted by Gasteiger charge is -2.43. The fourth-order valence-corrected chi connectivity index (χ4v) is 2.86. The molecule has 2 nitrogen and oxygen atoms in total. The van der Waals surface area contributed by atoms with Crippen LogP contribution in [0.2, 0.25) is 0 Å². The van der Waals surface area contributed by atoms with Crippen molar-refractivity contribution in [3.63, 3.8) is 0 Å². The SMILES string of the molecule is CCC(C)(N)C1CCCCCC1(C)N. The van der Waals surface area contributed by atoms with Gasteiger partial charge >= 0.3 is 0 Å². The highest BCUT2D eigenvalue weighted by Crippen LogP contribution is 2.37. The van der Waals surface area contributed by atoms with Gasteiger partial charge in [0, 0.05) is 11.1 Å². The summed E-state index contributed by atoms with van der Waals surface area (Å²) in [7, 11) is 0. The molecule has 0 bridgehead atoms. The van der Waals surface area contributed by atoms with Crippen LogP contribution in [-0.4, -0.2) is 11.1 Å². The van der Waals surface area contributed by atoms with Gasteiger partial charge < -0.3 is 11.5 Å². The van der Waals surface area contributed by atoms with Crippen molar-refractivity contribution >= 4 is 0 Å². The second-order valence-corrected chi connectivity index (χ2v) is 5.52. The molecule has 84 valence electrons. The minimum absolute atomic E-state index is 0.0595. The minimum Gasteiger partial charge on any atom is -0.325 e. The van der Waals surface area contributed by atoms with Gasteiger partial charge in [-0.2, -0.15) is 0 Å². The molecule has 0 aromatic heterocycles. The third-order valence-corrected chi connectivity index (χ3v) is 4.06. The van der Waals surface area contributed by atoms with E-state index in [1.54, 1.807) is 0 Å². The summed E-state index contributed by atoms with van der Waals surface area (Å²) in [5, 5.41) is 0. The first-order valence-electron chi connectivity index (χ1n) is 5.98. The summed E-state index contributed by atoms with van der Waals surface area (Å²) in [5.74, 6) is 0.475. The lowest BCUT2D eigenvalue weighted by molar-refractivity contribution is 0.163. The Morgan fingerprint density at radius 2 is 2.00 bits per heavy atom. The number of hydrogen-bond acceptors (Lipinski definition) is 2. The minimum atomic E-state index is -0.0894. The molecule has 0 amide bonds. The molecule has 3 atom stereocenters. The Bertz CT molecular complexity index is 185. The zero-order chi connectivity index (χ0) is 10.8. The predicted molar refractivity (Wildman–Crippen MR) is 62.1 cm³/mol. The second kappa shape index (κ2) is 4.19. The van der Waals surface area contributed by atoms with Crippen LogP contribution in [0.5, 0.6) is 0 Å². The first kappa shape index (κ1) is 12.0. The summed E-state index contributed by atoms with van der Waals surface area (Å²) in [6, 6.07) is 0. The standard InChI is InChI=1S/C12H26N2/c1-4-11(2,13)10-8-6-5-7-9-12(10,3)14/h10H,4-9,13-14H2,1-3H3. The van der Waals surface area contributed by atoms with E-state index in [1.165, 1.54) is 25.7 Å². The Balaban J connectivity index is 2.81. The van der Waals surface area contributed by atoms with Crippen LogP contribution in [0.25, 0.3) is 0 Å². The van der Waals surface area contributed by atoms with Gasteiger partial charge in [0.25, 0.3) is 0 Å². The monoisotopic (exact) mass is 198 g/mol. The molecule has 1 aliphatic carbocycles. The maximum atomic E-state index is 6.40. The molecule has 2 heteroatoms. The lowest BCUT2D eigenvalue weighted by atomic mass is 9.70. The van der Waals surface area contributed by atoms with Crippen molar-refractivity contribution in [1.82, 2.24) is 0 Å². The van der Waals surface area contributed by atoms with Crippen molar-refractivity contribution in [1.29, 1.82) is 0 Å². The molecule has 3 unspecified atom stereocenters. The van der Waals surface area contributed by atoms with Crippen LogP contribution in [0.4, 0.5) is 0 Å². The molecule has 1 aliphatic rings. The van der Waals surface area contributed by atoms with Crippen molar-refractivity contribution < 1.29 is 0 Å². The molecule has 0 aliphatic heterocycles. The van der Waals surface area contributed by atoms with Gasteiger partial charge in [-0.25, -0.2) is 0 Å². The lowest BCUT2D eigenvalue weighted by Crippen LogP contribution is -2.57. The van der Waals surface area contributed by atoms with Crippen LogP contribution in [0.15, 0.2) is 0 Å². The number of rotatable bonds is 2. The summed E-state index contributed by atoms with van der Waals surface area (Å²) < 4.78 is 0. The smallest absolute Gasteiger partial charge is 0.0171 e. The third kappa shape index (κ3) is 2.48. The normalized spacial score (nSPS) is 38.8. The van der Waals surface area contributed by atoms with Gasteiger partial charge in [-0.1, -0.05) is 26.2 Å². The van der Waals surface area contributed by atoms with Gasteiger partial charge in [0.2, 0.25) is 0 Å². The average molecular weight is 198 g/mol. The number of nitrogens with two attached hydrogens (primary N) is 2. The van der Waals surface area contributed by atoms with E-state index < -0.39 is 0 Å². The van der Waals surface area contributed by atoms with E-state index in [-0.39, 0.29) is 11.1 Å². The van der Waals surface area contributed by atoms with Crippen LogP contribution < -0.4 is 11.5 Å². The van der Waals surface area contributed by atoms with Crippen LogP contribution in [0, 0.1) is 5.92 Å². The van der Waals surface area contributed by atoms with Crippen molar-refractivity contribution in [2.75, 3.05) is 0 Å². The van der Waals surface area contributed by atoms with E-state index in [0.29, 0.717) is 5.92 Å². The molecule has 1 rings (SSSR count). The molecule has 0 radical (unpaired) electrons. The van der Waals surface area contributed by atoms with Gasteiger partial charge in [0.1, 0.15) is 0 Å². The van der Waals surface area contributed by atoms with E-state index in [0.717, 1.165) is 12.8 Å². The largest absolute Gasteiger partial charge is 0.325 e. The highest BCUT2D eigenvalue weighted by Gasteiger charge is 2.40. The summed E-state index contributed by atoms with van der Waals surface area (Å²) >= 11 is 0. The van der Waals surface area contributed by atoms with Crippen LogP contribution in [0.1, 0.15) is 59.3 Å². The van der Waals surface area contributed by atoms with E-state index in [4.69, 9.17) is 11.5 Å². The molecule has 0 saturated heterocycles. The maximum Gasteiger partial charge on any atom is 0.0171 e. The molecule has 0 aromatic carbocycles. The molecule has 0 heterocycles. The highest BCUT2D eigenvalue weighted by atomic mass is 14.8. The van der Waals surface area contributed by atoms with Gasteiger partial charge in [-0.15, -0.1) is 0 Å². The fourth-order valence-electron chi connectivity index (χ4n) is 2.86. The predicted octanol–water partition coefficient (Wildman–Crippen LogP) is 2.41. The summed E-state index contributed by atoms with van der Waals surface area (Å²) in [4.78, 5) is 0. The quantitative estimate of drug-likeness (QED) is 0.669. The first-order valence-corrected chi connectivity index (χ1v) is 5.98. The second-order valence-electron chi connectivity index (χ2n) is 5.52. The Morgan fingerprint density at radius 3 is 2.57 bits per heavy atom. The highest BCUT2D eigenvalue weighted by molar-refractivity contribution is 5.00. The molecule has 14 heavy (non-hydrogen) atoms. The Labute approximate surface area is 88.4 Å². The fraction of sp³-hybridized carbons (Fsp3) is 1.00. The molecular weight excluding hydrogens is 172 g/mol. The van der Waals surface area contributed by atoms with Gasteiger partial charge in [-0.3, -0.25) is 0 Å². The Morgan fingerprint density at radius 1 is 1.36 bits per heavy atom. The van der Waals surface area contributed by atoms with Crippen molar-refractivity contribution in [2.24, 2.45) is 17.4 Å². The first-order chi connectivity index (χ1) is 6.40. The topological polar surface area (TPSA) is 52.0 Å². The van der Waals surface area contributed by atoms with E-state index in [9.17, 15) is 0 Å². The molecule has 1 fully saturated rings. The summed E-state index contributed by atoms with van der Waals surface area (Å²) in [6.07, 6.45) is 7.24. The van der Waals surface area contributed by atoms with Gasteiger partial charge in [0.15, 0.2) is 0 Å². The van der Waals surface area contributed by atoms with Crippen molar-refractivity contribution in [2.45, 2.75) is 70.4 Å².